The van der Waals surface area contributed by atoms with Crippen molar-refractivity contribution in [3.05, 3.63) is 58.7 Å². The summed E-state index contributed by atoms with van der Waals surface area (Å²) >= 11 is 1.34. The van der Waals surface area contributed by atoms with E-state index in [9.17, 15) is 53.5 Å². The van der Waals surface area contributed by atoms with E-state index in [-0.39, 0.29) is 17.8 Å². The summed E-state index contributed by atoms with van der Waals surface area (Å²) in [4.78, 5) is 25.9. The number of aryl methyl sites for hydroxylation is 1. The molecule has 0 aliphatic heterocycles. The first-order chi connectivity index (χ1) is 18.0. The van der Waals surface area contributed by atoms with Crippen molar-refractivity contribution >= 4 is 29.3 Å². The highest BCUT2D eigenvalue weighted by atomic mass is 32.2. The first-order valence-corrected chi connectivity index (χ1v) is 12.4. The summed E-state index contributed by atoms with van der Waals surface area (Å²) in [5.74, 6) is -2.59. The Balaban J connectivity index is 2.50. The lowest BCUT2D eigenvalue weighted by Crippen LogP contribution is -2.50. The second-order valence-corrected chi connectivity index (χ2v) is 10.0. The van der Waals surface area contributed by atoms with Gasteiger partial charge in [-0.05, 0) is 56.9 Å². The van der Waals surface area contributed by atoms with Gasteiger partial charge in [0.1, 0.15) is 5.75 Å². The van der Waals surface area contributed by atoms with E-state index in [0.29, 0.717) is 17.9 Å². The molecule has 2 N–H and O–H groups in total. The summed E-state index contributed by atoms with van der Waals surface area (Å²) in [6.45, 7) is 4.20. The van der Waals surface area contributed by atoms with E-state index in [1.54, 1.807) is 20.1 Å². The Morgan fingerprint density at radius 2 is 1.40 bits per heavy atom. The zero-order valence-corrected chi connectivity index (χ0v) is 21.9. The fraction of sp³-hybridized carbons (Fsp3) is 0.417. The smallest absolute Gasteiger partial charge is 0.406 e. The number of nitrogens with one attached hydrogen (secondary N) is 2. The minimum absolute atomic E-state index is 0.183. The number of rotatable bonds is 8. The number of hydrogen-bond donors (Lipinski definition) is 2. The molecule has 222 valence electrons. The Kier molecular flexibility index (Phi) is 9.39. The highest BCUT2D eigenvalue weighted by Gasteiger charge is 2.73. The molecule has 0 spiro atoms. The van der Waals surface area contributed by atoms with Crippen molar-refractivity contribution in [2.75, 3.05) is 17.3 Å². The molecule has 0 fully saturated rings. The quantitative estimate of drug-likeness (QED) is 0.309. The summed E-state index contributed by atoms with van der Waals surface area (Å²) in [6.07, 6.45) is -16.1. The van der Waals surface area contributed by atoms with Crippen molar-refractivity contribution in [2.24, 2.45) is 0 Å². The molecule has 40 heavy (non-hydrogen) atoms. The number of alkyl halides is 10. The van der Waals surface area contributed by atoms with Gasteiger partial charge in [-0.15, -0.1) is 13.2 Å². The van der Waals surface area contributed by atoms with Crippen molar-refractivity contribution < 1.29 is 58.2 Å². The predicted molar refractivity (Wildman–Crippen MR) is 127 cm³/mol. The van der Waals surface area contributed by atoms with Gasteiger partial charge in [0.2, 0.25) is 0 Å². The molecule has 2 aromatic rings. The van der Waals surface area contributed by atoms with E-state index in [1.165, 1.54) is 11.8 Å². The minimum Gasteiger partial charge on any atom is -0.406 e. The third-order valence-electron chi connectivity index (χ3n) is 5.32. The average Bonchev–Trinajstić information content (AvgIpc) is 2.76. The topological polar surface area (TPSA) is 67.4 Å². The first kappa shape index (κ1) is 33.0. The zero-order valence-electron chi connectivity index (χ0n) is 21.1. The number of benzene rings is 2. The standard InChI is InChI=1S/C24H22F10N2O3S/c1-12-9-13(21(25,22(26,27)28)23(29,30)31)5-8-17(12)35-18(37)15-7-6-14(39-24(32,33)34)10-16(15)19(38)36-20(2,3)11-40-4/h5-10H,11H2,1-4H3,(H,35,37)(H,36,38). The number of carbonyl (C=O) groups is 2. The molecule has 2 aromatic carbocycles. The molecular formula is C24H22F10N2O3S. The minimum atomic E-state index is -6.35. The van der Waals surface area contributed by atoms with Gasteiger partial charge in [0, 0.05) is 22.5 Å². The van der Waals surface area contributed by atoms with Gasteiger partial charge in [0.25, 0.3) is 11.8 Å². The van der Waals surface area contributed by atoms with Crippen LogP contribution >= 0.6 is 11.8 Å². The van der Waals surface area contributed by atoms with Crippen LogP contribution in [0.3, 0.4) is 0 Å². The molecular weight excluding hydrogens is 586 g/mol. The van der Waals surface area contributed by atoms with Crippen LogP contribution in [0.5, 0.6) is 5.75 Å². The highest BCUT2D eigenvalue weighted by Crippen LogP contribution is 2.53. The van der Waals surface area contributed by atoms with Gasteiger partial charge >= 0.3 is 24.4 Å². The summed E-state index contributed by atoms with van der Waals surface area (Å²) in [6, 6.07) is 3.21. The van der Waals surface area contributed by atoms with Crippen molar-refractivity contribution in [2.45, 2.75) is 50.7 Å². The van der Waals surface area contributed by atoms with Gasteiger partial charge in [-0.1, -0.05) is 12.1 Å². The van der Waals surface area contributed by atoms with Gasteiger partial charge in [0.15, 0.2) is 0 Å². The number of halogens is 10. The van der Waals surface area contributed by atoms with Crippen LogP contribution in [0.25, 0.3) is 0 Å². The number of thioether (sulfide) groups is 1. The van der Waals surface area contributed by atoms with Crippen LogP contribution in [0.4, 0.5) is 49.6 Å². The third-order valence-corrected chi connectivity index (χ3v) is 6.33. The van der Waals surface area contributed by atoms with Crippen LogP contribution in [0, 0.1) is 6.92 Å². The van der Waals surface area contributed by atoms with E-state index in [4.69, 9.17) is 0 Å². The molecule has 0 saturated carbocycles. The molecule has 5 nitrogen and oxygen atoms in total. The van der Waals surface area contributed by atoms with Crippen LogP contribution in [0.2, 0.25) is 0 Å². The molecule has 0 heterocycles. The van der Waals surface area contributed by atoms with Gasteiger partial charge in [-0.3, -0.25) is 9.59 Å². The third kappa shape index (κ3) is 7.52. The molecule has 0 atom stereocenters. The van der Waals surface area contributed by atoms with Crippen molar-refractivity contribution in [3.8, 4) is 5.75 Å². The van der Waals surface area contributed by atoms with Crippen LogP contribution in [-0.4, -0.2) is 48.1 Å². The Labute approximate surface area is 225 Å². The molecule has 2 rings (SSSR count). The van der Waals surface area contributed by atoms with Crippen LogP contribution in [-0.2, 0) is 5.67 Å². The molecule has 0 aromatic heterocycles. The maximum atomic E-state index is 14.4. The number of hydrogen-bond acceptors (Lipinski definition) is 4. The highest BCUT2D eigenvalue weighted by molar-refractivity contribution is 7.98. The second-order valence-electron chi connectivity index (χ2n) is 9.16. The number of anilines is 1. The lowest BCUT2D eigenvalue weighted by Gasteiger charge is -2.30. The Bertz CT molecular complexity index is 1240. The van der Waals surface area contributed by atoms with E-state index in [2.05, 4.69) is 15.4 Å². The lowest BCUT2D eigenvalue weighted by atomic mass is 9.92. The molecule has 0 radical (unpaired) electrons. The molecule has 16 heteroatoms. The van der Waals surface area contributed by atoms with E-state index in [0.717, 1.165) is 19.1 Å². The summed E-state index contributed by atoms with van der Waals surface area (Å²) in [7, 11) is 0. The Hall–Kier alpha value is -3.17. The number of ether oxygens (including phenoxy) is 1. The normalized spacial score (nSPS) is 13.2. The fourth-order valence-electron chi connectivity index (χ4n) is 3.57. The molecule has 0 aliphatic rings. The molecule has 0 unspecified atom stereocenters. The van der Waals surface area contributed by atoms with E-state index >= 15 is 0 Å². The lowest BCUT2D eigenvalue weighted by molar-refractivity contribution is -0.348. The van der Waals surface area contributed by atoms with Crippen LogP contribution < -0.4 is 15.4 Å². The molecule has 2 amide bonds. The molecule has 0 bridgehead atoms. The number of amides is 2. The van der Waals surface area contributed by atoms with Gasteiger partial charge in [0.05, 0.1) is 11.1 Å². The average molecular weight is 608 g/mol. The number of carbonyl (C=O) groups excluding carboxylic acids is 2. The largest absolute Gasteiger partial charge is 0.573 e. The van der Waals surface area contributed by atoms with Gasteiger partial charge in [-0.25, -0.2) is 4.39 Å². The van der Waals surface area contributed by atoms with Crippen LogP contribution in [0.15, 0.2) is 36.4 Å². The maximum absolute atomic E-state index is 14.4. The van der Waals surface area contributed by atoms with Crippen LogP contribution in [0.1, 0.15) is 45.7 Å². The Morgan fingerprint density at radius 1 is 0.825 bits per heavy atom. The fourth-order valence-corrected chi connectivity index (χ4v) is 4.37. The predicted octanol–water partition coefficient (Wildman–Crippen LogP) is 7.31. The van der Waals surface area contributed by atoms with Crippen molar-refractivity contribution in [3.63, 3.8) is 0 Å². The molecule has 0 saturated heterocycles. The monoisotopic (exact) mass is 608 g/mol. The SMILES string of the molecule is CSCC(C)(C)NC(=O)c1cc(OC(F)(F)F)ccc1C(=O)Nc1ccc(C(F)(C(F)(F)F)C(F)(F)F)cc1C. The van der Waals surface area contributed by atoms with Gasteiger partial charge in [-0.2, -0.15) is 38.1 Å². The Morgan fingerprint density at radius 3 is 1.88 bits per heavy atom. The second kappa shape index (κ2) is 11.4. The van der Waals surface area contributed by atoms with Crippen molar-refractivity contribution in [1.29, 1.82) is 0 Å². The van der Waals surface area contributed by atoms with Crippen molar-refractivity contribution in [1.82, 2.24) is 5.32 Å². The van der Waals surface area contributed by atoms with E-state index < -0.39 is 69.7 Å². The summed E-state index contributed by atoms with van der Waals surface area (Å²) in [5, 5.41) is 4.72. The molecule has 0 aliphatic carbocycles. The zero-order chi connectivity index (χ0) is 30.9. The maximum Gasteiger partial charge on any atom is 0.573 e. The van der Waals surface area contributed by atoms with Gasteiger partial charge < -0.3 is 15.4 Å². The first-order valence-electron chi connectivity index (χ1n) is 11.0. The summed E-state index contributed by atoms with van der Waals surface area (Å²) in [5.41, 5.74) is -10.2. The van der Waals surface area contributed by atoms with E-state index in [1.807, 2.05) is 0 Å². The summed E-state index contributed by atoms with van der Waals surface area (Å²) < 4.78 is 135.